The molecule has 0 aliphatic heterocycles. The summed E-state index contributed by atoms with van der Waals surface area (Å²) in [6, 6.07) is 12.8. The van der Waals surface area contributed by atoms with Gasteiger partial charge in [0.15, 0.2) is 5.78 Å². The normalized spacial score (nSPS) is 12.7. The molecule has 0 atom stereocenters. The van der Waals surface area contributed by atoms with Gasteiger partial charge in [0, 0.05) is 29.1 Å². The largest absolute Gasteiger partial charge is 0.326 e. The van der Waals surface area contributed by atoms with Crippen LogP contribution < -0.4 is 5.32 Å². The number of hydrogen-bond acceptors (Lipinski definition) is 2. The van der Waals surface area contributed by atoms with Crippen molar-refractivity contribution in [3.05, 3.63) is 64.2 Å². The zero-order valence-corrected chi connectivity index (χ0v) is 13.5. The summed E-state index contributed by atoms with van der Waals surface area (Å²) in [7, 11) is 0. The van der Waals surface area contributed by atoms with Gasteiger partial charge < -0.3 is 5.32 Å². The number of hydrogen-bond donors (Lipinski definition) is 1. The van der Waals surface area contributed by atoms with E-state index in [1.165, 1.54) is 11.1 Å². The Morgan fingerprint density at radius 3 is 2.48 bits per heavy atom. The van der Waals surface area contributed by atoms with Crippen molar-refractivity contribution in [2.24, 2.45) is 0 Å². The number of ketones is 1. The molecule has 2 aromatic rings. The van der Waals surface area contributed by atoms with Gasteiger partial charge in [-0.2, -0.15) is 0 Å². The molecule has 118 valence electrons. The first-order valence-electron chi connectivity index (χ1n) is 7.82. The summed E-state index contributed by atoms with van der Waals surface area (Å²) in [5.74, 6) is -0.146. The van der Waals surface area contributed by atoms with Crippen molar-refractivity contribution in [3.8, 4) is 0 Å². The number of carbonyl (C=O) groups is 2. The number of Topliss-reactive ketones (excluding diaryl/α,β-unsaturated/α-hetero) is 1. The lowest BCUT2D eigenvalue weighted by atomic mass is 10.0. The number of halogens is 1. The van der Waals surface area contributed by atoms with Gasteiger partial charge in [-0.05, 0) is 60.7 Å². The number of carbonyl (C=O) groups excluding carboxylic acids is 2. The molecule has 0 heterocycles. The standard InChI is InChI=1S/C19H18ClNO2/c20-16-6-8-17(9-7-16)21-19(23)11-10-18(22)15-5-4-13-2-1-3-14(13)12-15/h4-9,12H,1-3,10-11H2,(H,21,23). The van der Waals surface area contributed by atoms with Crippen LogP contribution in [0.5, 0.6) is 0 Å². The quantitative estimate of drug-likeness (QED) is 0.826. The maximum Gasteiger partial charge on any atom is 0.224 e. The predicted molar refractivity (Wildman–Crippen MR) is 92.1 cm³/mol. The summed E-state index contributed by atoms with van der Waals surface area (Å²) in [4.78, 5) is 24.2. The SMILES string of the molecule is O=C(CCC(=O)c1ccc2c(c1)CCC2)Nc1ccc(Cl)cc1. The minimum atomic E-state index is -0.165. The van der Waals surface area contributed by atoms with E-state index in [1.807, 2.05) is 18.2 Å². The third-order valence-corrected chi connectivity index (χ3v) is 4.38. The first-order valence-corrected chi connectivity index (χ1v) is 8.20. The van der Waals surface area contributed by atoms with E-state index in [1.54, 1.807) is 24.3 Å². The second-order valence-corrected chi connectivity index (χ2v) is 6.25. The number of nitrogens with one attached hydrogen (secondary N) is 1. The summed E-state index contributed by atoms with van der Waals surface area (Å²) in [6.07, 6.45) is 3.72. The Kier molecular flexibility index (Phi) is 4.77. The van der Waals surface area contributed by atoms with E-state index < -0.39 is 0 Å². The first kappa shape index (κ1) is 15.8. The third kappa shape index (κ3) is 3.99. The lowest BCUT2D eigenvalue weighted by molar-refractivity contribution is -0.116. The fraction of sp³-hybridized carbons (Fsp3) is 0.263. The summed E-state index contributed by atoms with van der Waals surface area (Å²) < 4.78 is 0. The van der Waals surface area contributed by atoms with Crippen LogP contribution in [0, 0.1) is 0 Å². The smallest absolute Gasteiger partial charge is 0.224 e. The molecule has 1 amide bonds. The molecule has 3 rings (SSSR count). The Morgan fingerprint density at radius 2 is 1.70 bits per heavy atom. The van der Waals surface area contributed by atoms with Crippen LogP contribution in [0.25, 0.3) is 0 Å². The molecule has 0 bridgehead atoms. The van der Waals surface area contributed by atoms with Crippen molar-refractivity contribution in [3.63, 3.8) is 0 Å². The molecule has 3 nitrogen and oxygen atoms in total. The molecule has 1 aliphatic carbocycles. The number of aryl methyl sites for hydroxylation is 2. The van der Waals surface area contributed by atoms with Gasteiger partial charge in [-0.3, -0.25) is 9.59 Å². The molecular weight excluding hydrogens is 310 g/mol. The fourth-order valence-electron chi connectivity index (χ4n) is 2.87. The summed E-state index contributed by atoms with van der Waals surface area (Å²) in [5, 5.41) is 3.39. The van der Waals surface area contributed by atoms with Crippen molar-refractivity contribution < 1.29 is 9.59 Å². The Morgan fingerprint density at radius 1 is 0.957 bits per heavy atom. The van der Waals surface area contributed by atoms with Crippen molar-refractivity contribution >= 4 is 29.0 Å². The monoisotopic (exact) mass is 327 g/mol. The lowest BCUT2D eigenvalue weighted by Gasteiger charge is -2.06. The maximum atomic E-state index is 12.2. The van der Waals surface area contributed by atoms with Crippen molar-refractivity contribution in [1.29, 1.82) is 0 Å². The number of benzene rings is 2. The fourth-order valence-corrected chi connectivity index (χ4v) is 3.00. The molecule has 0 aromatic heterocycles. The molecule has 23 heavy (non-hydrogen) atoms. The molecule has 0 unspecified atom stereocenters. The van der Waals surface area contributed by atoms with E-state index >= 15 is 0 Å². The molecule has 0 fully saturated rings. The van der Waals surface area contributed by atoms with E-state index in [0.717, 1.165) is 19.3 Å². The maximum absolute atomic E-state index is 12.2. The molecule has 1 N–H and O–H groups in total. The van der Waals surface area contributed by atoms with Crippen LogP contribution >= 0.6 is 11.6 Å². The first-order chi connectivity index (χ1) is 11.1. The molecule has 0 saturated heterocycles. The highest BCUT2D eigenvalue weighted by Crippen LogP contribution is 2.23. The zero-order chi connectivity index (χ0) is 16.2. The van der Waals surface area contributed by atoms with Gasteiger partial charge in [0.2, 0.25) is 5.91 Å². The highest BCUT2D eigenvalue weighted by molar-refractivity contribution is 6.30. The van der Waals surface area contributed by atoms with Gasteiger partial charge in [-0.1, -0.05) is 23.7 Å². The van der Waals surface area contributed by atoms with Crippen LogP contribution in [0.15, 0.2) is 42.5 Å². The molecule has 0 saturated carbocycles. The van der Waals surface area contributed by atoms with Crippen LogP contribution in [-0.4, -0.2) is 11.7 Å². The number of anilines is 1. The Bertz CT molecular complexity index is 738. The van der Waals surface area contributed by atoms with E-state index in [2.05, 4.69) is 5.32 Å². The summed E-state index contributed by atoms with van der Waals surface area (Å²) in [6.45, 7) is 0. The van der Waals surface area contributed by atoms with E-state index in [-0.39, 0.29) is 24.5 Å². The molecule has 4 heteroatoms. The average Bonchev–Trinajstić information content (AvgIpc) is 3.02. The van der Waals surface area contributed by atoms with E-state index in [0.29, 0.717) is 16.3 Å². The van der Waals surface area contributed by atoms with Gasteiger partial charge in [0.25, 0.3) is 0 Å². The molecular formula is C19H18ClNO2. The Labute approximate surface area is 140 Å². The predicted octanol–water partition coefficient (Wildman–Crippen LogP) is 4.43. The second-order valence-electron chi connectivity index (χ2n) is 5.82. The minimum absolute atomic E-state index is 0.0194. The zero-order valence-electron chi connectivity index (χ0n) is 12.8. The van der Waals surface area contributed by atoms with Gasteiger partial charge in [0.05, 0.1) is 0 Å². The molecule has 1 aliphatic rings. The van der Waals surface area contributed by atoms with E-state index in [4.69, 9.17) is 11.6 Å². The van der Waals surface area contributed by atoms with Crippen molar-refractivity contribution in [1.82, 2.24) is 0 Å². The molecule has 0 spiro atoms. The average molecular weight is 328 g/mol. The van der Waals surface area contributed by atoms with Crippen LogP contribution in [0.1, 0.15) is 40.7 Å². The second kappa shape index (κ2) is 6.97. The topological polar surface area (TPSA) is 46.2 Å². The number of rotatable bonds is 5. The van der Waals surface area contributed by atoms with Crippen LogP contribution in [-0.2, 0) is 17.6 Å². The molecule has 2 aromatic carbocycles. The van der Waals surface area contributed by atoms with Gasteiger partial charge in [-0.15, -0.1) is 0 Å². The Hall–Kier alpha value is -2.13. The highest BCUT2D eigenvalue weighted by atomic mass is 35.5. The van der Waals surface area contributed by atoms with Crippen LogP contribution in [0.3, 0.4) is 0 Å². The minimum Gasteiger partial charge on any atom is -0.326 e. The summed E-state index contributed by atoms with van der Waals surface area (Å²) in [5.41, 5.74) is 4.03. The van der Waals surface area contributed by atoms with Crippen molar-refractivity contribution in [2.75, 3.05) is 5.32 Å². The van der Waals surface area contributed by atoms with E-state index in [9.17, 15) is 9.59 Å². The third-order valence-electron chi connectivity index (χ3n) is 4.13. The molecule has 0 radical (unpaired) electrons. The highest BCUT2D eigenvalue weighted by Gasteiger charge is 2.15. The number of fused-ring (bicyclic) bond motifs is 1. The van der Waals surface area contributed by atoms with Gasteiger partial charge >= 0.3 is 0 Å². The Balaban J connectivity index is 1.54. The lowest BCUT2D eigenvalue weighted by Crippen LogP contribution is -2.13. The van der Waals surface area contributed by atoms with Crippen LogP contribution in [0.2, 0.25) is 5.02 Å². The van der Waals surface area contributed by atoms with Crippen LogP contribution in [0.4, 0.5) is 5.69 Å². The summed E-state index contributed by atoms with van der Waals surface area (Å²) >= 11 is 5.80. The van der Waals surface area contributed by atoms with Crippen molar-refractivity contribution in [2.45, 2.75) is 32.1 Å². The van der Waals surface area contributed by atoms with Gasteiger partial charge in [0.1, 0.15) is 0 Å². The number of amides is 1. The van der Waals surface area contributed by atoms with Gasteiger partial charge in [-0.25, -0.2) is 0 Å².